The van der Waals surface area contributed by atoms with Gasteiger partial charge in [0, 0.05) is 16.6 Å². The molecule has 0 aliphatic heterocycles. The SMILES string of the molecule is O=C(NC1C2CC3CC1CC(O)(C3)C2)c1ccc(Cl)cc1. The third-order valence-corrected chi connectivity index (χ3v) is 5.90. The summed E-state index contributed by atoms with van der Waals surface area (Å²) in [5.41, 5.74) is 0.213. The molecule has 112 valence electrons. The second-order valence-corrected chi connectivity index (χ2v) is 7.64. The molecule has 2 N–H and O–H groups in total. The van der Waals surface area contributed by atoms with Crippen molar-refractivity contribution in [1.82, 2.24) is 5.32 Å². The smallest absolute Gasteiger partial charge is 0.251 e. The molecule has 4 aliphatic carbocycles. The molecule has 4 bridgehead atoms. The van der Waals surface area contributed by atoms with Crippen molar-refractivity contribution in [3.05, 3.63) is 34.9 Å². The van der Waals surface area contributed by atoms with Crippen LogP contribution in [0.25, 0.3) is 0 Å². The number of carbonyl (C=O) groups is 1. The third-order valence-electron chi connectivity index (χ3n) is 5.65. The van der Waals surface area contributed by atoms with Crippen LogP contribution in [0.3, 0.4) is 0 Å². The summed E-state index contributed by atoms with van der Waals surface area (Å²) >= 11 is 5.86. The molecule has 4 heteroatoms. The minimum atomic E-state index is -0.446. The van der Waals surface area contributed by atoms with E-state index in [4.69, 9.17) is 11.6 Å². The van der Waals surface area contributed by atoms with Gasteiger partial charge in [0.05, 0.1) is 5.60 Å². The van der Waals surface area contributed by atoms with Gasteiger partial charge in [-0.1, -0.05) is 11.6 Å². The number of hydrogen-bond acceptors (Lipinski definition) is 2. The van der Waals surface area contributed by atoms with Crippen LogP contribution in [0.5, 0.6) is 0 Å². The Hall–Kier alpha value is -1.06. The molecule has 4 aliphatic rings. The lowest BCUT2D eigenvalue weighted by molar-refractivity contribution is -0.136. The average Bonchev–Trinajstić information content (AvgIpc) is 2.41. The van der Waals surface area contributed by atoms with Crippen molar-refractivity contribution in [3.8, 4) is 0 Å². The normalized spacial score (nSPS) is 40.3. The first kappa shape index (κ1) is 13.6. The lowest BCUT2D eigenvalue weighted by atomic mass is 9.52. The Bertz CT molecular complexity index is 555. The third kappa shape index (κ3) is 2.36. The molecule has 21 heavy (non-hydrogen) atoms. The molecule has 2 atom stereocenters. The Morgan fingerprint density at radius 1 is 1.14 bits per heavy atom. The van der Waals surface area contributed by atoms with Gasteiger partial charge in [0.15, 0.2) is 0 Å². The number of rotatable bonds is 2. The summed E-state index contributed by atoms with van der Waals surface area (Å²) in [7, 11) is 0. The van der Waals surface area contributed by atoms with Crippen molar-refractivity contribution < 1.29 is 9.90 Å². The highest BCUT2D eigenvalue weighted by Crippen LogP contribution is 2.55. The molecule has 4 saturated carbocycles. The molecule has 0 aromatic heterocycles. The van der Waals surface area contributed by atoms with Crippen LogP contribution < -0.4 is 5.32 Å². The Morgan fingerprint density at radius 3 is 2.33 bits per heavy atom. The second-order valence-electron chi connectivity index (χ2n) is 7.20. The summed E-state index contributed by atoms with van der Waals surface area (Å²) in [5, 5.41) is 14.4. The van der Waals surface area contributed by atoms with Crippen molar-refractivity contribution in [2.45, 2.75) is 43.7 Å². The first-order chi connectivity index (χ1) is 10.0. The van der Waals surface area contributed by atoms with Crippen LogP contribution in [-0.2, 0) is 0 Å². The van der Waals surface area contributed by atoms with Gasteiger partial charge in [0.2, 0.25) is 0 Å². The zero-order valence-electron chi connectivity index (χ0n) is 11.9. The number of aliphatic hydroxyl groups is 1. The highest BCUT2D eigenvalue weighted by molar-refractivity contribution is 6.30. The van der Waals surface area contributed by atoms with Crippen molar-refractivity contribution in [2.24, 2.45) is 17.8 Å². The van der Waals surface area contributed by atoms with E-state index in [9.17, 15) is 9.90 Å². The maximum absolute atomic E-state index is 12.4. The number of amides is 1. The summed E-state index contributed by atoms with van der Waals surface area (Å²) in [6.07, 6.45) is 4.99. The highest BCUT2D eigenvalue weighted by Gasteiger charge is 2.54. The molecule has 2 unspecified atom stereocenters. The summed E-state index contributed by atoms with van der Waals surface area (Å²) in [6.45, 7) is 0. The van der Waals surface area contributed by atoms with E-state index in [1.165, 1.54) is 0 Å². The quantitative estimate of drug-likeness (QED) is 0.882. The Morgan fingerprint density at radius 2 is 1.76 bits per heavy atom. The zero-order chi connectivity index (χ0) is 14.6. The number of benzene rings is 1. The fraction of sp³-hybridized carbons (Fsp3) is 0.588. The number of carbonyl (C=O) groups excluding carboxylic acids is 1. The number of nitrogens with one attached hydrogen (secondary N) is 1. The van der Waals surface area contributed by atoms with Gasteiger partial charge >= 0.3 is 0 Å². The van der Waals surface area contributed by atoms with Crippen LogP contribution >= 0.6 is 11.6 Å². The standard InChI is InChI=1S/C17H20ClNO2/c18-14-3-1-11(2-4-14)16(20)19-15-12-5-10-6-13(15)9-17(21,7-10)8-12/h1-4,10,12-13,15,21H,5-9H2,(H,19,20). The molecule has 1 aromatic carbocycles. The first-order valence-electron chi connectivity index (χ1n) is 7.81. The summed E-state index contributed by atoms with van der Waals surface area (Å²) < 4.78 is 0. The summed E-state index contributed by atoms with van der Waals surface area (Å²) in [5.74, 6) is 1.53. The molecular formula is C17H20ClNO2. The van der Waals surface area contributed by atoms with Crippen LogP contribution in [0, 0.1) is 17.8 Å². The van der Waals surface area contributed by atoms with Crippen molar-refractivity contribution >= 4 is 17.5 Å². The molecule has 1 amide bonds. The summed E-state index contributed by atoms with van der Waals surface area (Å²) in [4.78, 5) is 12.4. The second kappa shape index (κ2) is 4.72. The highest BCUT2D eigenvalue weighted by atomic mass is 35.5. The Kier molecular flexibility index (Phi) is 3.05. The van der Waals surface area contributed by atoms with Gasteiger partial charge < -0.3 is 10.4 Å². The van der Waals surface area contributed by atoms with Gasteiger partial charge in [-0.05, 0) is 74.1 Å². The van der Waals surface area contributed by atoms with Gasteiger partial charge in [-0.15, -0.1) is 0 Å². The first-order valence-corrected chi connectivity index (χ1v) is 8.19. The van der Waals surface area contributed by atoms with Gasteiger partial charge in [0.1, 0.15) is 0 Å². The fourth-order valence-corrected chi connectivity index (χ4v) is 5.18. The fourth-order valence-electron chi connectivity index (χ4n) is 5.05. The van der Waals surface area contributed by atoms with Crippen LogP contribution in [-0.4, -0.2) is 22.7 Å². The predicted octanol–water partition coefficient (Wildman–Crippen LogP) is 3.01. The van der Waals surface area contributed by atoms with Gasteiger partial charge in [0.25, 0.3) is 5.91 Å². The van der Waals surface area contributed by atoms with Crippen LogP contribution in [0.15, 0.2) is 24.3 Å². The van der Waals surface area contributed by atoms with E-state index in [0.29, 0.717) is 28.3 Å². The lowest BCUT2D eigenvalue weighted by Crippen LogP contribution is -2.61. The van der Waals surface area contributed by atoms with Crippen LogP contribution in [0.4, 0.5) is 0 Å². The Labute approximate surface area is 129 Å². The molecule has 4 fully saturated rings. The summed E-state index contributed by atoms with van der Waals surface area (Å²) in [6, 6.07) is 7.25. The number of hydrogen-bond donors (Lipinski definition) is 2. The van der Waals surface area contributed by atoms with E-state index in [-0.39, 0.29) is 11.9 Å². The topological polar surface area (TPSA) is 49.3 Å². The largest absolute Gasteiger partial charge is 0.390 e. The maximum Gasteiger partial charge on any atom is 0.251 e. The molecule has 3 nitrogen and oxygen atoms in total. The van der Waals surface area contributed by atoms with Crippen LogP contribution in [0.1, 0.15) is 42.5 Å². The van der Waals surface area contributed by atoms with E-state index in [2.05, 4.69) is 5.32 Å². The van der Waals surface area contributed by atoms with E-state index >= 15 is 0 Å². The minimum Gasteiger partial charge on any atom is -0.390 e. The molecular weight excluding hydrogens is 286 g/mol. The van der Waals surface area contributed by atoms with E-state index < -0.39 is 5.60 Å². The molecule has 0 saturated heterocycles. The molecule has 0 spiro atoms. The van der Waals surface area contributed by atoms with Crippen molar-refractivity contribution in [3.63, 3.8) is 0 Å². The Balaban J connectivity index is 1.50. The monoisotopic (exact) mass is 305 g/mol. The minimum absolute atomic E-state index is 0.0175. The number of halogens is 1. The van der Waals surface area contributed by atoms with E-state index in [1.54, 1.807) is 24.3 Å². The average molecular weight is 306 g/mol. The zero-order valence-corrected chi connectivity index (χ0v) is 12.6. The molecule has 1 aromatic rings. The molecule has 0 radical (unpaired) electrons. The molecule has 5 rings (SSSR count). The van der Waals surface area contributed by atoms with Crippen molar-refractivity contribution in [2.75, 3.05) is 0 Å². The van der Waals surface area contributed by atoms with Crippen molar-refractivity contribution in [1.29, 1.82) is 0 Å². The van der Waals surface area contributed by atoms with Gasteiger partial charge in [-0.2, -0.15) is 0 Å². The molecule has 0 heterocycles. The van der Waals surface area contributed by atoms with E-state index in [0.717, 1.165) is 32.1 Å². The lowest BCUT2D eigenvalue weighted by Gasteiger charge is -2.58. The van der Waals surface area contributed by atoms with Crippen LogP contribution in [0.2, 0.25) is 5.02 Å². The maximum atomic E-state index is 12.4. The predicted molar refractivity (Wildman–Crippen MR) is 81.2 cm³/mol. The van der Waals surface area contributed by atoms with E-state index in [1.807, 2.05) is 0 Å². The van der Waals surface area contributed by atoms with Gasteiger partial charge in [-0.3, -0.25) is 4.79 Å². The van der Waals surface area contributed by atoms with Gasteiger partial charge in [-0.25, -0.2) is 0 Å².